The molecule has 0 unspecified atom stereocenters. The van der Waals surface area contributed by atoms with Crippen molar-refractivity contribution in [1.82, 2.24) is 0 Å². The molecule has 0 atom stereocenters. The van der Waals surface area contributed by atoms with Crippen molar-refractivity contribution in [3.8, 4) is 11.5 Å². The summed E-state index contributed by atoms with van der Waals surface area (Å²) >= 11 is 12.0. The van der Waals surface area contributed by atoms with Crippen LogP contribution in [-0.4, -0.2) is 18.6 Å². The molecule has 2 amide bonds. The Balaban J connectivity index is 1.59. The van der Waals surface area contributed by atoms with Crippen LogP contribution in [0.1, 0.15) is 5.56 Å². The fraction of sp³-hybridized carbons (Fsp3) is 0.0435. The second-order valence-corrected chi connectivity index (χ2v) is 7.74. The molecule has 0 saturated heterocycles. The van der Waals surface area contributed by atoms with Crippen molar-refractivity contribution in [2.45, 2.75) is 0 Å². The Kier molecular flexibility index (Phi) is 4.81. The molecule has 0 radical (unpaired) electrons. The molecular weight excluding hydrogens is 439 g/mol. The number of hydrogen-bond donors (Lipinski definition) is 1. The predicted molar refractivity (Wildman–Crippen MR) is 119 cm³/mol. The van der Waals surface area contributed by atoms with Gasteiger partial charge in [-0.3, -0.25) is 9.59 Å². The van der Waals surface area contributed by atoms with E-state index >= 15 is 0 Å². The van der Waals surface area contributed by atoms with E-state index < -0.39 is 11.8 Å². The first kappa shape index (κ1) is 19.5. The Labute approximate surface area is 187 Å². The van der Waals surface area contributed by atoms with Gasteiger partial charge >= 0.3 is 0 Å². The van der Waals surface area contributed by atoms with Crippen molar-refractivity contribution in [3.05, 3.63) is 88.0 Å². The fourth-order valence-corrected chi connectivity index (χ4v) is 3.73. The molecule has 3 aromatic rings. The summed E-state index contributed by atoms with van der Waals surface area (Å²) in [5.74, 6) is 0.256. The third kappa shape index (κ3) is 3.50. The first-order valence-corrected chi connectivity index (χ1v) is 10.1. The van der Waals surface area contributed by atoms with Crippen molar-refractivity contribution in [3.63, 3.8) is 0 Å². The van der Waals surface area contributed by atoms with Crippen molar-refractivity contribution >= 4 is 52.0 Å². The first-order valence-electron chi connectivity index (χ1n) is 9.32. The van der Waals surface area contributed by atoms with E-state index in [0.29, 0.717) is 38.5 Å². The Morgan fingerprint density at radius 3 is 2.13 bits per heavy atom. The molecule has 8 heteroatoms. The van der Waals surface area contributed by atoms with Crippen molar-refractivity contribution in [1.29, 1.82) is 0 Å². The monoisotopic (exact) mass is 452 g/mol. The number of nitrogens with zero attached hydrogens (tertiary/aromatic N) is 1. The summed E-state index contributed by atoms with van der Waals surface area (Å²) in [5.41, 5.74) is 1.98. The Bertz CT molecular complexity index is 1240. The number of carbonyl (C=O) groups excluding carboxylic acids is 2. The highest BCUT2D eigenvalue weighted by Gasteiger charge is 2.40. The van der Waals surface area contributed by atoms with Gasteiger partial charge in [0.1, 0.15) is 5.70 Å². The van der Waals surface area contributed by atoms with Crippen LogP contribution in [-0.2, 0) is 9.59 Å². The molecule has 0 fully saturated rings. The number of anilines is 2. The molecule has 2 heterocycles. The zero-order valence-electron chi connectivity index (χ0n) is 15.9. The summed E-state index contributed by atoms with van der Waals surface area (Å²) in [4.78, 5) is 27.9. The second-order valence-electron chi connectivity index (χ2n) is 6.87. The molecule has 0 aromatic heterocycles. The lowest BCUT2D eigenvalue weighted by Crippen LogP contribution is -2.32. The number of ether oxygens (including phenoxy) is 2. The number of amides is 2. The van der Waals surface area contributed by atoms with E-state index in [2.05, 4.69) is 5.32 Å². The molecule has 0 spiro atoms. The van der Waals surface area contributed by atoms with Gasteiger partial charge in [0.25, 0.3) is 11.8 Å². The quantitative estimate of drug-likeness (QED) is 0.556. The third-order valence-electron chi connectivity index (χ3n) is 4.94. The number of fused-ring (bicyclic) bond motifs is 1. The second kappa shape index (κ2) is 7.65. The van der Waals surface area contributed by atoms with Gasteiger partial charge in [0.2, 0.25) is 6.79 Å². The van der Waals surface area contributed by atoms with Crippen LogP contribution in [0, 0.1) is 0 Å². The summed E-state index contributed by atoms with van der Waals surface area (Å²) in [6.07, 6.45) is 0. The molecule has 0 aliphatic carbocycles. The SMILES string of the molecule is O=C1C(Nc2ccc3c(c2)OCO3)=C(c2ccc(Cl)cc2)C(=O)N1c1ccc(Cl)cc1. The molecule has 5 rings (SSSR count). The predicted octanol–water partition coefficient (Wildman–Crippen LogP) is 5.12. The zero-order valence-corrected chi connectivity index (χ0v) is 17.4. The lowest BCUT2D eigenvalue weighted by Gasteiger charge is -2.15. The van der Waals surface area contributed by atoms with E-state index in [1.807, 2.05) is 0 Å². The summed E-state index contributed by atoms with van der Waals surface area (Å²) < 4.78 is 10.7. The van der Waals surface area contributed by atoms with E-state index in [4.69, 9.17) is 32.7 Å². The van der Waals surface area contributed by atoms with E-state index in [-0.39, 0.29) is 18.1 Å². The van der Waals surface area contributed by atoms with Crippen LogP contribution >= 0.6 is 23.2 Å². The lowest BCUT2D eigenvalue weighted by molar-refractivity contribution is -0.120. The maximum atomic E-state index is 13.4. The van der Waals surface area contributed by atoms with Gasteiger partial charge in [0.05, 0.1) is 11.3 Å². The van der Waals surface area contributed by atoms with Gasteiger partial charge in [-0.25, -0.2) is 4.90 Å². The number of benzene rings is 3. The minimum atomic E-state index is -0.477. The first-order chi connectivity index (χ1) is 15.0. The smallest absolute Gasteiger partial charge is 0.282 e. The van der Waals surface area contributed by atoms with Crippen molar-refractivity contribution in [2.24, 2.45) is 0 Å². The van der Waals surface area contributed by atoms with Crippen LogP contribution in [0.5, 0.6) is 11.5 Å². The van der Waals surface area contributed by atoms with E-state index in [9.17, 15) is 9.59 Å². The molecule has 2 aliphatic heterocycles. The van der Waals surface area contributed by atoms with Gasteiger partial charge in [0.15, 0.2) is 11.5 Å². The van der Waals surface area contributed by atoms with Gasteiger partial charge in [0, 0.05) is 21.8 Å². The van der Waals surface area contributed by atoms with E-state index in [1.54, 1.807) is 66.7 Å². The summed E-state index contributed by atoms with van der Waals surface area (Å²) in [6.45, 7) is 0.138. The van der Waals surface area contributed by atoms with Gasteiger partial charge in [-0.15, -0.1) is 0 Å². The van der Waals surface area contributed by atoms with Crippen LogP contribution in [0.4, 0.5) is 11.4 Å². The number of carbonyl (C=O) groups is 2. The number of halogens is 2. The molecule has 0 bridgehead atoms. The van der Waals surface area contributed by atoms with Gasteiger partial charge in [-0.2, -0.15) is 0 Å². The van der Waals surface area contributed by atoms with E-state index in [0.717, 1.165) is 4.90 Å². The Hall–Kier alpha value is -3.48. The molecule has 31 heavy (non-hydrogen) atoms. The maximum absolute atomic E-state index is 13.4. The van der Waals surface area contributed by atoms with Crippen molar-refractivity contribution in [2.75, 3.05) is 17.0 Å². The summed E-state index contributed by atoms with van der Waals surface area (Å²) in [5, 5.41) is 4.13. The van der Waals surface area contributed by atoms with Crippen LogP contribution in [0.15, 0.2) is 72.4 Å². The molecule has 6 nitrogen and oxygen atoms in total. The number of nitrogens with one attached hydrogen (secondary N) is 1. The normalized spacial score (nSPS) is 15.1. The third-order valence-corrected chi connectivity index (χ3v) is 5.45. The van der Waals surface area contributed by atoms with Crippen LogP contribution in [0.25, 0.3) is 5.57 Å². The molecule has 154 valence electrons. The molecule has 0 saturated carbocycles. The van der Waals surface area contributed by atoms with Gasteiger partial charge in [-0.1, -0.05) is 35.3 Å². The maximum Gasteiger partial charge on any atom is 0.282 e. The number of hydrogen-bond acceptors (Lipinski definition) is 5. The molecular formula is C23H14Cl2N2O4. The van der Waals surface area contributed by atoms with Crippen LogP contribution in [0.2, 0.25) is 10.0 Å². The number of imide groups is 1. The summed E-state index contributed by atoms with van der Waals surface area (Å²) in [6, 6.07) is 18.5. The minimum absolute atomic E-state index is 0.138. The van der Waals surface area contributed by atoms with Gasteiger partial charge in [-0.05, 0) is 54.1 Å². The minimum Gasteiger partial charge on any atom is -0.454 e. The molecule has 1 N–H and O–H groups in total. The van der Waals surface area contributed by atoms with Gasteiger partial charge < -0.3 is 14.8 Å². The largest absolute Gasteiger partial charge is 0.454 e. The zero-order chi connectivity index (χ0) is 21.5. The Morgan fingerprint density at radius 1 is 0.774 bits per heavy atom. The highest BCUT2D eigenvalue weighted by molar-refractivity contribution is 6.46. The van der Waals surface area contributed by atoms with Crippen LogP contribution in [0.3, 0.4) is 0 Å². The highest BCUT2D eigenvalue weighted by Crippen LogP contribution is 2.38. The number of rotatable bonds is 4. The standard InChI is InChI=1S/C23H14Cl2N2O4/c24-14-3-1-13(2-4-14)20-21(26-16-7-10-18-19(11-16)31-12-30-18)23(29)27(22(20)28)17-8-5-15(25)6-9-17/h1-11,26H,12H2. The lowest BCUT2D eigenvalue weighted by atomic mass is 10.0. The van der Waals surface area contributed by atoms with Crippen LogP contribution < -0.4 is 19.7 Å². The average molecular weight is 453 g/mol. The molecule has 2 aliphatic rings. The highest BCUT2D eigenvalue weighted by atomic mass is 35.5. The molecule has 3 aromatic carbocycles. The van der Waals surface area contributed by atoms with Crippen molar-refractivity contribution < 1.29 is 19.1 Å². The average Bonchev–Trinajstić information content (AvgIpc) is 3.32. The summed E-state index contributed by atoms with van der Waals surface area (Å²) in [7, 11) is 0. The fourth-order valence-electron chi connectivity index (χ4n) is 3.47. The Morgan fingerprint density at radius 2 is 1.42 bits per heavy atom. The van der Waals surface area contributed by atoms with E-state index in [1.165, 1.54) is 0 Å². The topological polar surface area (TPSA) is 67.9 Å².